The van der Waals surface area contributed by atoms with E-state index in [0.29, 0.717) is 6.42 Å². The third kappa shape index (κ3) is 6.57. The summed E-state index contributed by atoms with van der Waals surface area (Å²) in [6.45, 7) is 2.65. The van der Waals surface area contributed by atoms with Crippen LogP contribution in [0.1, 0.15) is 13.3 Å². The van der Waals surface area contributed by atoms with Crippen molar-refractivity contribution in [2.45, 2.75) is 19.4 Å². The normalized spacial score (nSPS) is 14.6. The zero-order chi connectivity index (χ0) is 9.61. The first-order chi connectivity index (χ1) is 5.49. The van der Waals surface area contributed by atoms with Gasteiger partial charge in [-0.25, -0.2) is 8.42 Å². The molecule has 0 aliphatic carbocycles. The van der Waals surface area contributed by atoms with Crippen LogP contribution in [-0.2, 0) is 9.84 Å². The van der Waals surface area contributed by atoms with E-state index in [9.17, 15) is 8.42 Å². The van der Waals surface area contributed by atoms with Gasteiger partial charge in [0.05, 0.1) is 5.75 Å². The first-order valence-electron chi connectivity index (χ1n) is 4.01. The van der Waals surface area contributed by atoms with Crippen molar-refractivity contribution in [2.24, 2.45) is 0 Å². The fourth-order valence-corrected chi connectivity index (χ4v) is 2.07. The van der Waals surface area contributed by atoms with Gasteiger partial charge in [0.15, 0.2) is 0 Å². The highest BCUT2D eigenvalue weighted by Crippen LogP contribution is 1.95. The quantitative estimate of drug-likeness (QED) is 0.593. The molecule has 0 aliphatic heterocycles. The molecule has 0 aromatic rings. The molecule has 0 radical (unpaired) electrons. The Morgan fingerprint density at radius 2 is 2.08 bits per heavy atom. The van der Waals surface area contributed by atoms with Gasteiger partial charge < -0.3 is 10.4 Å². The summed E-state index contributed by atoms with van der Waals surface area (Å²) in [5.74, 6) is 0.0986. The summed E-state index contributed by atoms with van der Waals surface area (Å²) in [5, 5.41) is 11.6. The second-order valence-electron chi connectivity index (χ2n) is 2.86. The lowest BCUT2D eigenvalue weighted by Gasteiger charge is -2.14. The average molecular weight is 195 g/mol. The maximum atomic E-state index is 10.9. The molecule has 0 rings (SSSR count). The molecule has 2 N–H and O–H groups in total. The average Bonchev–Trinajstić information content (AvgIpc) is 1.84. The molecule has 0 saturated heterocycles. The van der Waals surface area contributed by atoms with Crippen molar-refractivity contribution in [1.82, 2.24) is 5.32 Å². The van der Waals surface area contributed by atoms with E-state index in [1.54, 1.807) is 0 Å². The van der Waals surface area contributed by atoms with Gasteiger partial charge in [-0.05, 0) is 13.0 Å². The van der Waals surface area contributed by atoms with E-state index in [1.807, 2.05) is 6.92 Å². The van der Waals surface area contributed by atoms with Crippen LogP contribution in [0.5, 0.6) is 0 Å². The molecule has 0 heterocycles. The zero-order valence-electron chi connectivity index (χ0n) is 7.58. The second kappa shape index (κ2) is 5.50. The van der Waals surface area contributed by atoms with Crippen LogP contribution in [0.15, 0.2) is 0 Å². The molecular formula is C7H17NO3S. The lowest BCUT2D eigenvalue weighted by Crippen LogP contribution is -2.36. The first-order valence-corrected chi connectivity index (χ1v) is 6.07. The number of aliphatic hydroxyl groups is 1. The number of aliphatic hydroxyl groups excluding tert-OH is 1. The van der Waals surface area contributed by atoms with Crippen LogP contribution in [0.25, 0.3) is 0 Å². The zero-order valence-corrected chi connectivity index (χ0v) is 8.39. The lowest BCUT2D eigenvalue weighted by atomic mass is 10.2. The Morgan fingerprint density at radius 3 is 2.42 bits per heavy atom. The van der Waals surface area contributed by atoms with Gasteiger partial charge in [-0.2, -0.15) is 0 Å². The smallest absolute Gasteiger partial charge is 0.148 e. The molecule has 74 valence electrons. The van der Waals surface area contributed by atoms with Gasteiger partial charge in [-0.1, -0.05) is 6.92 Å². The van der Waals surface area contributed by atoms with E-state index in [4.69, 9.17) is 5.11 Å². The Kier molecular flexibility index (Phi) is 5.44. The molecule has 4 nitrogen and oxygen atoms in total. The summed E-state index contributed by atoms with van der Waals surface area (Å²) in [5.41, 5.74) is 0. The fraction of sp³-hybridized carbons (Fsp3) is 1.00. The van der Waals surface area contributed by atoms with Gasteiger partial charge in [-0.3, -0.25) is 0 Å². The Morgan fingerprint density at radius 1 is 1.50 bits per heavy atom. The number of rotatable bonds is 6. The van der Waals surface area contributed by atoms with Gasteiger partial charge in [0.25, 0.3) is 0 Å². The second-order valence-corrected chi connectivity index (χ2v) is 5.04. The highest BCUT2D eigenvalue weighted by molar-refractivity contribution is 7.90. The highest BCUT2D eigenvalue weighted by atomic mass is 32.2. The molecule has 1 atom stereocenters. The van der Waals surface area contributed by atoms with Crippen LogP contribution in [0, 0.1) is 0 Å². The maximum Gasteiger partial charge on any atom is 0.148 e. The molecule has 0 amide bonds. The van der Waals surface area contributed by atoms with E-state index >= 15 is 0 Å². The summed E-state index contributed by atoms with van der Waals surface area (Å²) in [6, 6.07) is -0.116. The fourth-order valence-electron chi connectivity index (χ4n) is 1.05. The molecule has 12 heavy (non-hydrogen) atoms. The molecule has 0 aromatic carbocycles. The van der Waals surface area contributed by atoms with Crippen LogP contribution < -0.4 is 5.32 Å². The van der Waals surface area contributed by atoms with Gasteiger partial charge in [0.2, 0.25) is 0 Å². The third-order valence-electron chi connectivity index (χ3n) is 1.47. The van der Waals surface area contributed by atoms with Gasteiger partial charge >= 0.3 is 0 Å². The lowest BCUT2D eigenvalue weighted by molar-refractivity contribution is 0.270. The number of sulfone groups is 1. The van der Waals surface area contributed by atoms with Crippen LogP contribution in [0.2, 0.25) is 0 Å². The van der Waals surface area contributed by atoms with Crippen LogP contribution >= 0.6 is 0 Å². The van der Waals surface area contributed by atoms with Gasteiger partial charge in [-0.15, -0.1) is 0 Å². The van der Waals surface area contributed by atoms with E-state index in [-0.39, 0.29) is 18.4 Å². The molecule has 0 saturated carbocycles. The maximum absolute atomic E-state index is 10.9. The number of nitrogens with one attached hydrogen (secondary N) is 1. The largest absolute Gasteiger partial charge is 0.396 e. The molecular weight excluding hydrogens is 178 g/mol. The first kappa shape index (κ1) is 11.9. The summed E-state index contributed by atoms with van der Waals surface area (Å²) in [7, 11) is -2.94. The summed E-state index contributed by atoms with van der Waals surface area (Å²) < 4.78 is 21.7. The van der Waals surface area contributed by atoms with Crippen molar-refractivity contribution in [3.63, 3.8) is 0 Å². The Bertz CT molecular complexity index is 195. The van der Waals surface area contributed by atoms with E-state index in [2.05, 4.69) is 5.32 Å². The van der Waals surface area contributed by atoms with E-state index < -0.39 is 9.84 Å². The molecule has 0 aliphatic rings. The summed E-state index contributed by atoms with van der Waals surface area (Å²) in [4.78, 5) is 0. The SMILES string of the molecule is CCNC(CCO)CS(C)(=O)=O. The van der Waals surface area contributed by atoms with Gasteiger partial charge in [0, 0.05) is 18.9 Å². The topological polar surface area (TPSA) is 66.4 Å². The predicted octanol–water partition coefficient (Wildman–Crippen LogP) is -0.608. The van der Waals surface area contributed by atoms with Crippen LogP contribution in [-0.4, -0.2) is 44.7 Å². The highest BCUT2D eigenvalue weighted by Gasteiger charge is 2.12. The van der Waals surface area contributed by atoms with Crippen LogP contribution in [0.3, 0.4) is 0 Å². The van der Waals surface area contributed by atoms with E-state index in [0.717, 1.165) is 6.54 Å². The molecule has 0 bridgehead atoms. The molecule has 0 aromatic heterocycles. The minimum Gasteiger partial charge on any atom is -0.396 e. The number of hydrogen-bond acceptors (Lipinski definition) is 4. The predicted molar refractivity (Wildman–Crippen MR) is 48.9 cm³/mol. The standard InChI is InChI=1S/C7H17NO3S/c1-3-8-7(4-5-9)6-12(2,10)11/h7-9H,3-6H2,1-2H3. The Labute approximate surface area is 73.9 Å². The number of hydrogen-bond donors (Lipinski definition) is 2. The van der Waals surface area contributed by atoms with Crippen molar-refractivity contribution in [3.8, 4) is 0 Å². The molecule has 0 spiro atoms. The van der Waals surface area contributed by atoms with Crippen molar-refractivity contribution >= 4 is 9.84 Å². The molecule has 5 heteroatoms. The van der Waals surface area contributed by atoms with Crippen LogP contribution in [0.4, 0.5) is 0 Å². The van der Waals surface area contributed by atoms with Gasteiger partial charge in [0.1, 0.15) is 9.84 Å². The van der Waals surface area contributed by atoms with E-state index in [1.165, 1.54) is 6.26 Å². The van der Waals surface area contributed by atoms with Crippen molar-refractivity contribution in [3.05, 3.63) is 0 Å². The van der Waals surface area contributed by atoms with Crippen molar-refractivity contribution in [1.29, 1.82) is 0 Å². The Balaban J connectivity index is 3.95. The monoisotopic (exact) mass is 195 g/mol. The van der Waals surface area contributed by atoms with Crippen molar-refractivity contribution in [2.75, 3.05) is 25.2 Å². The molecule has 0 fully saturated rings. The minimum absolute atomic E-state index is 0.0210. The minimum atomic E-state index is -2.94. The third-order valence-corrected chi connectivity index (χ3v) is 2.48. The molecule has 1 unspecified atom stereocenters. The summed E-state index contributed by atoms with van der Waals surface area (Å²) in [6.07, 6.45) is 1.69. The van der Waals surface area contributed by atoms with Crippen molar-refractivity contribution < 1.29 is 13.5 Å². The Hall–Kier alpha value is -0.130. The summed E-state index contributed by atoms with van der Waals surface area (Å²) >= 11 is 0.